The van der Waals surface area contributed by atoms with E-state index < -0.39 is 23.2 Å². The Labute approximate surface area is 199 Å². The number of nitrogens with one attached hydrogen (secondary N) is 1. The lowest BCUT2D eigenvalue weighted by atomic mass is 9.83. The standard InChI is InChI=1S/C27H21F3N2O3/c1-2-35-25(34)26(21-9-5-3-8-20(21)24(33)31-26)22-16-32(23-10-6-4-7-19(22)23)15-17-11-13-18(14-12-17)27(28,29)30/h3-14,16H,2,15H2,1H3,(H,31,33). The molecule has 0 bridgehead atoms. The molecule has 3 aromatic carbocycles. The number of carbonyl (C=O) groups excluding carboxylic acids is 2. The molecule has 178 valence electrons. The topological polar surface area (TPSA) is 60.3 Å². The number of rotatable bonds is 5. The van der Waals surface area contributed by atoms with Gasteiger partial charge in [-0.25, -0.2) is 4.79 Å². The Balaban J connectivity index is 1.67. The minimum absolute atomic E-state index is 0.128. The Morgan fingerprint density at radius 2 is 1.66 bits per heavy atom. The summed E-state index contributed by atoms with van der Waals surface area (Å²) in [5, 5.41) is 3.60. The van der Waals surface area contributed by atoms with Gasteiger partial charge < -0.3 is 14.6 Å². The molecule has 1 aliphatic heterocycles. The second-order valence-corrected chi connectivity index (χ2v) is 8.35. The van der Waals surface area contributed by atoms with Crippen LogP contribution in [0.15, 0.2) is 79.0 Å². The van der Waals surface area contributed by atoms with E-state index >= 15 is 0 Å². The molecule has 1 unspecified atom stereocenters. The summed E-state index contributed by atoms with van der Waals surface area (Å²) in [4.78, 5) is 26.4. The number of hydrogen-bond donors (Lipinski definition) is 1. The summed E-state index contributed by atoms with van der Waals surface area (Å²) in [6, 6.07) is 19.2. The SMILES string of the molecule is CCOC(=O)C1(c2cn(Cc3ccc(C(F)(F)F)cc3)c3ccccc23)NC(=O)c2ccccc21. The third kappa shape index (κ3) is 3.65. The van der Waals surface area contributed by atoms with E-state index in [2.05, 4.69) is 5.32 Å². The molecule has 0 spiro atoms. The highest BCUT2D eigenvalue weighted by molar-refractivity contribution is 6.09. The van der Waals surface area contributed by atoms with Crippen molar-refractivity contribution in [2.75, 3.05) is 6.61 Å². The van der Waals surface area contributed by atoms with Crippen LogP contribution in [0.3, 0.4) is 0 Å². The predicted molar refractivity (Wildman–Crippen MR) is 124 cm³/mol. The summed E-state index contributed by atoms with van der Waals surface area (Å²) >= 11 is 0. The van der Waals surface area contributed by atoms with Gasteiger partial charge in [0, 0.05) is 40.3 Å². The molecule has 4 aromatic rings. The van der Waals surface area contributed by atoms with Gasteiger partial charge in [0.15, 0.2) is 5.54 Å². The number of aromatic nitrogens is 1. The summed E-state index contributed by atoms with van der Waals surface area (Å²) < 4.78 is 46.2. The quantitative estimate of drug-likeness (QED) is 0.398. The Hall–Kier alpha value is -4.07. The maximum atomic E-state index is 13.5. The van der Waals surface area contributed by atoms with Gasteiger partial charge in [-0.05, 0) is 36.8 Å². The first-order valence-corrected chi connectivity index (χ1v) is 11.1. The summed E-state index contributed by atoms with van der Waals surface area (Å²) in [5.41, 5.74) is 0.592. The largest absolute Gasteiger partial charge is 0.464 e. The Bertz CT molecular complexity index is 1440. The molecular formula is C27H21F3N2O3. The lowest BCUT2D eigenvalue weighted by molar-refractivity contribution is -0.149. The molecule has 2 heterocycles. The maximum Gasteiger partial charge on any atom is 0.416 e. The fraction of sp³-hybridized carbons (Fsp3) is 0.185. The van der Waals surface area contributed by atoms with E-state index in [4.69, 9.17) is 4.74 Å². The second-order valence-electron chi connectivity index (χ2n) is 8.35. The summed E-state index contributed by atoms with van der Waals surface area (Å²) in [7, 11) is 0. The number of para-hydroxylation sites is 1. The third-order valence-corrected chi connectivity index (χ3v) is 6.29. The normalized spacial score (nSPS) is 17.3. The van der Waals surface area contributed by atoms with Crippen molar-refractivity contribution >= 4 is 22.8 Å². The van der Waals surface area contributed by atoms with Crippen LogP contribution in [0.25, 0.3) is 10.9 Å². The van der Waals surface area contributed by atoms with Crippen LogP contribution in [-0.4, -0.2) is 23.1 Å². The summed E-state index contributed by atoms with van der Waals surface area (Å²) in [6.45, 7) is 2.10. The third-order valence-electron chi connectivity index (χ3n) is 6.29. The zero-order valence-corrected chi connectivity index (χ0v) is 18.7. The summed E-state index contributed by atoms with van der Waals surface area (Å²) in [6.07, 6.45) is -2.65. The molecule has 0 saturated carbocycles. The van der Waals surface area contributed by atoms with Crippen LogP contribution in [0.2, 0.25) is 0 Å². The van der Waals surface area contributed by atoms with Crippen molar-refractivity contribution in [1.82, 2.24) is 9.88 Å². The van der Waals surface area contributed by atoms with Gasteiger partial charge in [0.05, 0.1) is 12.2 Å². The monoisotopic (exact) mass is 478 g/mol. The fourth-order valence-corrected chi connectivity index (χ4v) is 4.71. The van der Waals surface area contributed by atoms with E-state index in [1.807, 2.05) is 28.8 Å². The minimum atomic E-state index is -4.41. The molecule has 0 fully saturated rings. The Morgan fingerprint density at radius 3 is 2.37 bits per heavy atom. The van der Waals surface area contributed by atoms with Gasteiger partial charge >= 0.3 is 12.1 Å². The number of ether oxygens (including phenoxy) is 1. The number of benzene rings is 3. The van der Waals surface area contributed by atoms with Crippen LogP contribution >= 0.6 is 0 Å². The van der Waals surface area contributed by atoms with E-state index in [0.29, 0.717) is 22.3 Å². The van der Waals surface area contributed by atoms with Gasteiger partial charge in [-0.2, -0.15) is 13.2 Å². The van der Waals surface area contributed by atoms with Crippen molar-refractivity contribution in [2.24, 2.45) is 0 Å². The van der Waals surface area contributed by atoms with Crippen LogP contribution in [-0.2, 0) is 27.8 Å². The smallest absolute Gasteiger partial charge is 0.416 e. The molecule has 1 N–H and O–H groups in total. The lowest BCUT2D eigenvalue weighted by Gasteiger charge is -2.28. The number of carbonyl (C=O) groups is 2. The molecule has 5 rings (SSSR count). The van der Waals surface area contributed by atoms with E-state index in [-0.39, 0.29) is 19.1 Å². The zero-order valence-electron chi connectivity index (χ0n) is 18.7. The maximum absolute atomic E-state index is 13.5. The average Bonchev–Trinajstić information content (AvgIpc) is 3.35. The van der Waals surface area contributed by atoms with E-state index in [1.54, 1.807) is 37.4 Å². The first-order valence-electron chi connectivity index (χ1n) is 11.1. The molecule has 0 radical (unpaired) electrons. The highest BCUT2D eigenvalue weighted by atomic mass is 19.4. The number of alkyl halides is 3. The number of esters is 1. The fourth-order valence-electron chi connectivity index (χ4n) is 4.71. The number of halogens is 3. The van der Waals surface area contributed by atoms with Crippen LogP contribution in [0.5, 0.6) is 0 Å². The van der Waals surface area contributed by atoms with Crippen LogP contribution in [0, 0.1) is 0 Å². The van der Waals surface area contributed by atoms with Crippen LogP contribution < -0.4 is 5.32 Å². The predicted octanol–water partition coefficient (Wildman–Crippen LogP) is 5.26. The molecule has 1 atom stereocenters. The Morgan fingerprint density at radius 1 is 0.971 bits per heavy atom. The number of hydrogen-bond acceptors (Lipinski definition) is 3. The number of amides is 1. The number of nitrogens with zero attached hydrogens (tertiary/aromatic N) is 1. The minimum Gasteiger partial charge on any atom is -0.464 e. The molecule has 1 amide bonds. The van der Waals surface area contributed by atoms with Gasteiger partial charge in [-0.3, -0.25) is 4.79 Å². The molecule has 0 saturated heterocycles. The van der Waals surface area contributed by atoms with Gasteiger partial charge in [-0.15, -0.1) is 0 Å². The van der Waals surface area contributed by atoms with Gasteiger partial charge in [0.1, 0.15) is 0 Å². The molecule has 0 aliphatic carbocycles. The van der Waals surface area contributed by atoms with Crippen molar-refractivity contribution in [2.45, 2.75) is 25.2 Å². The highest BCUT2D eigenvalue weighted by Gasteiger charge is 2.53. The molecule has 1 aliphatic rings. The average molecular weight is 478 g/mol. The van der Waals surface area contributed by atoms with Crippen LogP contribution in [0.1, 0.15) is 39.5 Å². The molecule has 5 nitrogen and oxygen atoms in total. The van der Waals surface area contributed by atoms with Crippen molar-refractivity contribution < 1.29 is 27.5 Å². The van der Waals surface area contributed by atoms with E-state index in [1.165, 1.54) is 12.1 Å². The van der Waals surface area contributed by atoms with E-state index in [0.717, 1.165) is 23.0 Å². The van der Waals surface area contributed by atoms with E-state index in [9.17, 15) is 22.8 Å². The number of fused-ring (bicyclic) bond motifs is 2. The lowest BCUT2D eigenvalue weighted by Crippen LogP contribution is -2.48. The first kappa shape index (κ1) is 22.7. The van der Waals surface area contributed by atoms with Crippen molar-refractivity contribution in [3.05, 3.63) is 107 Å². The van der Waals surface area contributed by atoms with Crippen molar-refractivity contribution in [3.63, 3.8) is 0 Å². The van der Waals surface area contributed by atoms with Crippen LogP contribution in [0.4, 0.5) is 13.2 Å². The van der Waals surface area contributed by atoms with Gasteiger partial charge in [0.25, 0.3) is 5.91 Å². The summed E-state index contributed by atoms with van der Waals surface area (Å²) in [5.74, 6) is -0.982. The Kier molecular flexibility index (Phi) is 5.39. The molecular weight excluding hydrogens is 457 g/mol. The van der Waals surface area contributed by atoms with Gasteiger partial charge in [-0.1, -0.05) is 48.5 Å². The molecule has 8 heteroatoms. The zero-order chi connectivity index (χ0) is 24.8. The van der Waals surface area contributed by atoms with Crippen molar-refractivity contribution in [1.29, 1.82) is 0 Å². The first-order chi connectivity index (χ1) is 16.8. The molecule has 35 heavy (non-hydrogen) atoms. The van der Waals surface area contributed by atoms with Crippen molar-refractivity contribution in [3.8, 4) is 0 Å². The second kappa shape index (κ2) is 8.30. The molecule has 1 aromatic heterocycles. The highest BCUT2D eigenvalue weighted by Crippen LogP contribution is 2.42. The van der Waals surface area contributed by atoms with Gasteiger partial charge in [0.2, 0.25) is 0 Å².